The minimum atomic E-state index is -1.59. The molecule has 0 saturated carbocycles. The number of methoxy groups -OCH3 is 2. The van der Waals surface area contributed by atoms with E-state index in [1.807, 2.05) is 13.8 Å². The lowest BCUT2D eigenvalue weighted by atomic mass is 9.55. The minimum absolute atomic E-state index is 0.0319. The normalized spacial score (nSPS) is 25.9. The summed E-state index contributed by atoms with van der Waals surface area (Å²) in [6.07, 6.45) is 1.62. The van der Waals surface area contributed by atoms with E-state index in [2.05, 4.69) is 0 Å². The van der Waals surface area contributed by atoms with Gasteiger partial charge in [0.25, 0.3) is 0 Å². The van der Waals surface area contributed by atoms with Crippen molar-refractivity contribution in [3.63, 3.8) is 0 Å². The number of fused-ring (bicyclic) bond motifs is 1. The van der Waals surface area contributed by atoms with Gasteiger partial charge in [0.15, 0.2) is 5.60 Å². The Hall–Kier alpha value is -2.64. The molecule has 8 nitrogen and oxygen atoms in total. The minimum Gasteiger partial charge on any atom is -0.466 e. The van der Waals surface area contributed by atoms with Gasteiger partial charge >= 0.3 is 23.9 Å². The summed E-state index contributed by atoms with van der Waals surface area (Å²) in [7, 11) is 2.34. The van der Waals surface area contributed by atoms with Crippen LogP contribution in [0.2, 0.25) is 0 Å². The second-order valence-electron chi connectivity index (χ2n) is 6.99. The molecule has 3 aliphatic carbocycles. The van der Waals surface area contributed by atoms with Crippen LogP contribution in [0.4, 0.5) is 0 Å². The Balaban J connectivity index is 2.84. The van der Waals surface area contributed by atoms with Crippen LogP contribution in [0.3, 0.4) is 0 Å². The van der Waals surface area contributed by atoms with Gasteiger partial charge in [-0.05, 0) is 5.41 Å². The first-order valence-corrected chi connectivity index (χ1v) is 8.01. The molecular weight excluding hydrogens is 344 g/mol. The lowest BCUT2D eigenvalue weighted by molar-refractivity contribution is -0.160. The summed E-state index contributed by atoms with van der Waals surface area (Å²) >= 11 is 0. The smallest absolute Gasteiger partial charge is 0.338 e. The van der Waals surface area contributed by atoms with Crippen molar-refractivity contribution in [1.29, 1.82) is 0 Å². The summed E-state index contributed by atoms with van der Waals surface area (Å²) in [5.74, 6) is -3.44. The Kier molecular flexibility index (Phi) is 4.98. The highest BCUT2D eigenvalue weighted by Gasteiger charge is 2.61. The van der Waals surface area contributed by atoms with E-state index in [4.69, 9.17) is 18.9 Å². The van der Waals surface area contributed by atoms with Crippen LogP contribution in [0.25, 0.3) is 0 Å². The highest BCUT2D eigenvalue weighted by atomic mass is 16.6. The molecule has 0 unspecified atom stereocenters. The zero-order valence-corrected chi connectivity index (χ0v) is 15.6. The molecular formula is C18H22O8. The highest BCUT2D eigenvalue weighted by molar-refractivity contribution is 6.04. The number of hydrogen-bond donors (Lipinski definition) is 0. The Bertz CT molecular complexity index is 742. The molecule has 0 aliphatic heterocycles. The Morgan fingerprint density at radius 2 is 1.58 bits per heavy atom. The maximum absolute atomic E-state index is 12.5. The molecule has 8 heteroatoms. The zero-order chi connectivity index (χ0) is 19.9. The SMILES string of the molecule is COC(=O)C1=C(C(=O)OC)[C@]2(OC(C)=O)C=C(OC(C)=O)[C@H]1C(C)(C)C2. The zero-order valence-electron chi connectivity index (χ0n) is 15.6. The van der Waals surface area contributed by atoms with Crippen LogP contribution < -0.4 is 0 Å². The lowest BCUT2D eigenvalue weighted by Crippen LogP contribution is -2.55. The monoisotopic (exact) mass is 366 g/mol. The van der Waals surface area contributed by atoms with E-state index in [0.29, 0.717) is 0 Å². The summed E-state index contributed by atoms with van der Waals surface area (Å²) in [5, 5.41) is 0. The first-order chi connectivity index (χ1) is 12.0. The third-order valence-corrected chi connectivity index (χ3v) is 4.52. The standard InChI is InChI=1S/C18H22O8/c1-9(19)25-11-7-18(26-10(2)20)8-17(3,4)13(11)12(15(21)23-5)14(18)16(22)24-6/h7,13H,8H2,1-6H3/t13-,18+/m1/s1. The van der Waals surface area contributed by atoms with Crippen LogP contribution in [0.5, 0.6) is 0 Å². The Morgan fingerprint density at radius 3 is 2.04 bits per heavy atom. The average Bonchev–Trinajstić information content (AvgIpc) is 2.49. The van der Waals surface area contributed by atoms with Crippen molar-refractivity contribution in [2.75, 3.05) is 14.2 Å². The second kappa shape index (κ2) is 6.59. The molecule has 26 heavy (non-hydrogen) atoms. The molecule has 3 aliphatic rings. The maximum atomic E-state index is 12.5. The van der Waals surface area contributed by atoms with E-state index in [1.165, 1.54) is 27.0 Å². The molecule has 2 atom stereocenters. The third-order valence-electron chi connectivity index (χ3n) is 4.52. The lowest BCUT2D eigenvalue weighted by Gasteiger charge is -2.52. The van der Waals surface area contributed by atoms with Crippen LogP contribution in [0, 0.1) is 11.3 Å². The van der Waals surface area contributed by atoms with Crippen molar-refractivity contribution in [3.8, 4) is 0 Å². The molecule has 3 rings (SSSR count). The van der Waals surface area contributed by atoms with Crippen molar-refractivity contribution < 1.29 is 38.1 Å². The largest absolute Gasteiger partial charge is 0.466 e. The van der Waals surface area contributed by atoms with Crippen LogP contribution in [0.1, 0.15) is 34.1 Å². The van der Waals surface area contributed by atoms with E-state index in [1.54, 1.807) is 0 Å². The average molecular weight is 366 g/mol. The summed E-state index contributed by atoms with van der Waals surface area (Å²) in [4.78, 5) is 48.4. The van der Waals surface area contributed by atoms with E-state index >= 15 is 0 Å². The van der Waals surface area contributed by atoms with Crippen LogP contribution in [-0.4, -0.2) is 43.7 Å². The van der Waals surface area contributed by atoms with Gasteiger partial charge in [0, 0.05) is 26.3 Å². The molecule has 0 saturated heterocycles. The number of ether oxygens (including phenoxy) is 4. The summed E-state index contributed by atoms with van der Waals surface area (Å²) < 4.78 is 20.5. The number of hydrogen-bond acceptors (Lipinski definition) is 8. The second-order valence-corrected chi connectivity index (χ2v) is 6.99. The molecule has 2 bridgehead atoms. The predicted octanol–water partition coefficient (Wildman–Crippen LogP) is 1.44. The maximum Gasteiger partial charge on any atom is 0.338 e. The van der Waals surface area contributed by atoms with Crippen molar-refractivity contribution in [3.05, 3.63) is 23.0 Å². The first kappa shape index (κ1) is 19.7. The van der Waals surface area contributed by atoms with Gasteiger partial charge in [-0.2, -0.15) is 0 Å². The molecule has 0 aromatic heterocycles. The Labute approximate surface area is 151 Å². The number of carbonyl (C=O) groups excluding carboxylic acids is 4. The molecule has 0 aromatic carbocycles. The van der Waals surface area contributed by atoms with Gasteiger partial charge in [-0.25, -0.2) is 9.59 Å². The molecule has 142 valence electrons. The predicted molar refractivity (Wildman–Crippen MR) is 87.3 cm³/mol. The number of carbonyl (C=O) groups is 4. The van der Waals surface area contributed by atoms with Gasteiger partial charge in [0.1, 0.15) is 5.76 Å². The quantitative estimate of drug-likeness (QED) is 0.544. The molecule has 0 fully saturated rings. The van der Waals surface area contributed by atoms with Crippen LogP contribution in [0.15, 0.2) is 23.0 Å². The van der Waals surface area contributed by atoms with Gasteiger partial charge in [-0.3, -0.25) is 9.59 Å². The van der Waals surface area contributed by atoms with Gasteiger partial charge in [-0.1, -0.05) is 13.8 Å². The molecule has 0 amide bonds. The first-order valence-electron chi connectivity index (χ1n) is 8.01. The summed E-state index contributed by atoms with van der Waals surface area (Å²) in [6, 6.07) is 0. The third kappa shape index (κ3) is 3.11. The van der Waals surface area contributed by atoms with Gasteiger partial charge in [0.05, 0.1) is 31.3 Å². The van der Waals surface area contributed by atoms with Gasteiger partial charge < -0.3 is 18.9 Å². The van der Waals surface area contributed by atoms with Crippen LogP contribution in [-0.2, 0) is 38.1 Å². The molecule has 0 N–H and O–H groups in total. The number of allylic oxidation sites excluding steroid dienone is 1. The van der Waals surface area contributed by atoms with E-state index < -0.39 is 40.8 Å². The van der Waals surface area contributed by atoms with Crippen LogP contribution >= 0.6 is 0 Å². The topological polar surface area (TPSA) is 105 Å². The van der Waals surface area contributed by atoms with Crippen molar-refractivity contribution >= 4 is 23.9 Å². The molecule has 0 spiro atoms. The molecule has 0 aromatic rings. The fourth-order valence-electron chi connectivity index (χ4n) is 3.94. The highest BCUT2D eigenvalue weighted by Crippen LogP contribution is 2.58. The van der Waals surface area contributed by atoms with Gasteiger partial charge in [-0.15, -0.1) is 0 Å². The molecule has 0 radical (unpaired) electrons. The summed E-state index contributed by atoms with van der Waals surface area (Å²) in [5.41, 5.74) is -2.40. The fraction of sp³-hybridized carbons (Fsp3) is 0.556. The fourth-order valence-corrected chi connectivity index (χ4v) is 3.94. The number of esters is 4. The van der Waals surface area contributed by atoms with E-state index in [0.717, 1.165) is 7.11 Å². The van der Waals surface area contributed by atoms with Gasteiger partial charge in [0.2, 0.25) is 0 Å². The van der Waals surface area contributed by atoms with E-state index in [9.17, 15) is 19.2 Å². The molecule has 0 heterocycles. The summed E-state index contributed by atoms with van der Waals surface area (Å²) in [6.45, 7) is 6.05. The van der Waals surface area contributed by atoms with Crippen molar-refractivity contribution in [1.82, 2.24) is 0 Å². The number of rotatable bonds is 4. The van der Waals surface area contributed by atoms with E-state index in [-0.39, 0.29) is 23.3 Å². The Morgan fingerprint density at radius 1 is 1.00 bits per heavy atom. The van der Waals surface area contributed by atoms with Crippen molar-refractivity contribution in [2.24, 2.45) is 11.3 Å². The van der Waals surface area contributed by atoms with Crippen molar-refractivity contribution in [2.45, 2.75) is 39.7 Å².